The number of aryl methyl sites for hydroxylation is 2. The van der Waals surface area contributed by atoms with Crippen molar-refractivity contribution < 1.29 is 0 Å². The Balaban J connectivity index is 2.96. The largest absolute Gasteiger partial charge is 0.388 e. The van der Waals surface area contributed by atoms with Gasteiger partial charge in [-0.2, -0.15) is 0 Å². The number of amidine groups is 1. The molecule has 1 heterocycles. The van der Waals surface area contributed by atoms with Crippen molar-refractivity contribution in [3.05, 3.63) is 17.6 Å². The van der Waals surface area contributed by atoms with E-state index in [1.807, 2.05) is 13.8 Å². The monoisotopic (exact) mass is 235 g/mol. The zero-order valence-corrected chi connectivity index (χ0v) is 11.0. The van der Waals surface area contributed by atoms with Crippen molar-refractivity contribution in [1.82, 2.24) is 9.97 Å². The number of rotatable bonds is 5. The summed E-state index contributed by atoms with van der Waals surface area (Å²) in [7, 11) is 0. The predicted octanol–water partition coefficient (Wildman–Crippen LogP) is 1.63. The molecular formula is C12H21N5. The lowest BCUT2D eigenvalue weighted by Gasteiger charge is -2.28. The fraction of sp³-hybridized carbons (Fsp3) is 0.583. The lowest BCUT2D eigenvalue weighted by Crippen LogP contribution is -2.35. The molecule has 5 heteroatoms. The number of aromatic nitrogens is 2. The Kier molecular flexibility index (Phi) is 4.43. The van der Waals surface area contributed by atoms with Crippen molar-refractivity contribution in [2.24, 2.45) is 5.73 Å². The molecule has 0 unspecified atom stereocenters. The van der Waals surface area contributed by atoms with Gasteiger partial charge in [0.05, 0.1) is 17.2 Å². The van der Waals surface area contributed by atoms with Gasteiger partial charge in [-0.1, -0.05) is 0 Å². The van der Waals surface area contributed by atoms with E-state index in [1.54, 1.807) is 6.20 Å². The first-order chi connectivity index (χ1) is 7.91. The van der Waals surface area contributed by atoms with E-state index in [2.05, 4.69) is 28.7 Å². The Morgan fingerprint density at radius 1 is 1.47 bits per heavy atom. The maximum atomic E-state index is 7.30. The fourth-order valence-corrected chi connectivity index (χ4v) is 1.65. The van der Waals surface area contributed by atoms with Gasteiger partial charge in [-0.3, -0.25) is 10.4 Å². The van der Waals surface area contributed by atoms with Gasteiger partial charge in [0.15, 0.2) is 5.82 Å². The molecule has 0 aliphatic rings. The second kappa shape index (κ2) is 5.61. The third-order valence-electron chi connectivity index (χ3n) is 2.57. The normalized spacial score (nSPS) is 10.6. The van der Waals surface area contributed by atoms with Gasteiger partial charge < -0.3 is 10.6 Å². The Hall–Kier alpha value is -1.65. The van der Waals surface area contributed by atoms with Gasteiger partial charge in [0.25, 0.3) is 0 Å². The van der Waals surface area contributed by atoms with Crippen LogP contribution in [0.25, 0.3) is 0 Å². The lowest BCUT2D eigenvalue weighted by atomic mass is 10.2. The van der Waals surface area contributed by atoms with Gasteiger partial charge in [0.1, 0.15) is 0 Å². The van der Waals surface area contributed by atoms with E-state index >= 15 is 0 Å². The highest BCUT2D eigenvalue weighted by atomic mass is 15.2. The first kappa shape index (κ1) is 13.4. The summed E-state index contributed by atoms with van der Waals surface area (Å²) in [4.78, 5) is 11.0. The maximum Gasteiger partial charge on any atom is 0.150 e. The third-order valence-corrected chi connectivity index (χ3v) is 2.57. The van der Waals surface area contributed by atoms with Gasteiger partial charge >= 0.3 is 0 Å². The summed E-state index contributed by atoms with van der Waals surface area (Å²) in [6.45, 7) is 8.78. The molecule has 0 atom stereocenters. The predicted molar refractivity (Wildman–Crippen MR) is 70.5 cm³/mol. The van der Waals surface area contributed by atoms with Crippen LogP contribution in [0.3, 0.4) is 0 Å². The van der Waals surface area contributed by atoms with Crippen molar-refractivity contribution in [3.63, 3.8) is 0 Å². The molecule has 0 bridgehead atoms. The van der Waals surface area contributed by atoms with Gasteiger partial charge in [-0.15, -0.1) is 0 Å². The van der Waals surface area contributed by atoms with Crippen LogP contribution in [0.4, 0.5) is 5.82 Å². The van der Waals surface area contributed by atoms with Gasteiger partial charge in [0.2, 0.25) is 0 Å². The van der Waals surface area contributed by atoms with E-state index in [0.717, 1.165) is 17.2 Å². The number of nitrogens with zero attached hydrogens (tertiary/aromatic N) is 3. The van der Waals surface area contributed by atoms with E-state index in [4.69, 9.17) is 11.1 Å². The van der Waals surface area contributed by atoms with Crippen LogP contribution in [0.2, 0.25) is 0 Å². The summed E-state index contributed by atoms with van der Waals surface area (Å²) in [6.07, 6.45) is 2.32. The van der Waals surface area contributed by atoms with Crippen LogP contribution in [0.15, 0.2) is 6.20 Å². The fourth-order valence-electron chi connectivity index (χ4n) is 1.65. The van der Waals surface area contributed by atoms with E-state index in [-0.39, 0.29) is 5.84 Å². The smallest absolute Gasteiger partial charge is 0.150 e. The SMILES string of the molecule is Cc1cnc(C)c(N(CCC(=N)N)C(C)C)n1. The van der Waals surface area contributed by atoms with Crippen molar-refractivity contribution in [3.8, 4) is 0 Å². The van der Waals surface area contributed by atoms with E-state index in [0.29, 0.717) is 19.0 Å². The summed E-state index contributed by atoms with van der Waals surface area (Å²) >= 11 is 0. The summed E-state index contributed by atoms with van der Waals surface area (Å²) < 4.78 is 0. The molecule has 0 amide bonds. The molecule has 0 fully saturated rings. The first-order valence-electron chi connectivity index (χ1n) is 5.81. The second-order valence-corrected chi connectivity index (χ2v) is 4.48. The third kappa shape index (κ3) is 3.69. The molecule has 94 valence electrons. The molecule has 1 aromatic rings. The van der Waals surface area contributed by atoms with Crippen LogP contribution in [0.1, 0.15) is 31.7 Å². The van der Waals surface area contributed by atoms with Crippen molar-refractivity contribution in [2.45, 2.75) is 40.2 Å². The highest BCUT2D eigenvalue weighted by Crippen LogP contribution is 2.18. The van der Waals surface area contributed by atoms with Crippen LogP contribution in [-0.2, 0) is 0 Å². The molecular weight excluding hydrogens is 214 g/mol. The Morgan fingerprint density at radius 2 is 2.12 bits per heavy atom. The zero-order chi connectivity index (χ0) is 13.0. The first-order valence-corrected chi connectivity index (χ1v) is 5.81. The summed E-state index contributed by atoms with van der Waals surface area (Å²) in [5.41, 5.74) is 7.22. The van der Waals surface area contributed by atoms with Gasteiger partial charge in [-0.05, 0) is 27.7 Å². The topological polar surface area (TPSA) is 78.9 Å². The molecule has 17 heavy (non-hydrogen) atoms. The van der Waals surface area contributed by atoms with E-state index in [1.165, 1.54) is 0 Å². The lowest BCUT2D eigenvalue weighted by molar-refractivity contribution is 0.672. The summed E-state index contributed by atoms with van der Waals surface area (Å²) in [6, 6.07) is 0.309. The molecule has 0 aromatic carbocycles. The number of hydrogen-bond donors (Lipinski definition) is 2. The average Bonchev–Trinajstić information content (AvgIpc) is 2.22. The van der Waals surface area contributed by atoms with Crippen LogP contribution in [-0.4, -0.2) is 28.4 Å². The minimum absolute atomic E-state index is 0.203. The Labute approximate surface area is 103 Å². The molecule has 1 rings (SSSR count). The number of nitrogens with one attached hydrogen (secondary N) is 1. The number of hydrogen-bond acceptors (Lipinski definition) is 4. The van der Waals surface area contributed by atoms with Crippen LogP contribution < -0.4 is 10.6 Å². The van der Waals surface area contributed by atoms with Crippen LogP contribution in [0, 0.1) is 19.3 Å². The molecule has 0 spiro atoms. The molecule has 5 nitrogen and oxygen atoms in total. The zero-order valence-electron chi connectivity index (χ0n) is 11.0. The molecule has 0 aliphatic heterocycles. The summed E-state index contributed by atoms with van der Waals surface area (Å²) in [5, 5.41) is 7.30. The number of anilines is 1. The van der Waals surface area contributed by atoms with E-state index < -0.39 is 0 Å². The van der Waals surface area contributed by atoms with Crippen LogP contribution >= 0.6 is 0 Å². The molecule has 0 aliphatic carbocycles. The highest BCUT2D eigenvalue weighted by molar-refractivity contribution is 5.77. The quantitative estimate of drug-likeness (QED) is 0.600. The Bertz CT molecular complexity index is 400. The molecule has 0 radical (unpaired) electrons. The Morgan fingerprint density at radius 3 is 2.65 bits per heavy atom. The average molecular weight is 235 g/mol. The minimum Gasteiger partial charge on any atom is -0.388 e. The molecule has 3 N–H and O–H groups in total. The van der Waals surface area contributed by atoms with E-state index in [9.17, 15) is 0 Å². The second-order valence-electron chi connectivity index (χ2n) is 4.48. The summed E-state index contributed by atoms with van der Waals surface area (Å²) in [5.74, 6) is 1.09. The van der Waals surface area contributed by atoms with Crippen molar-refractivity contribution in [1.29, 1.82) is 5.41 Å². The maximum absolute atomic E-state index is 7.30. The molecule has 1 aromatic heterocycles. The van der Waals surface area contributed by atoms with Crippen LogP contribution in [0.5, 0.6) is 0 Å². The standard InChI is InChI=1S/C12H21N5/c1-8(2)17(6-5-11(13)14)12-10(4)15-7-9(3)16-12/h7-8H,5-6H2,1-4H3,(H3,13,14). The molecule has 0 saturated heterocycles. The van der Waals surface area contributed by atoms with Gasteiger partial charge in [0, 0.05) is 25.2 Å². The molecule has 0 saturated carbocycles. The van der Waals surface area contributed by atoms with Crippen molar-refractivity contribution >= 4 is 11.7 Å². The number of nitrogens with two attached hydrogens (primary N) is 1. The van der Waals surface area contributed by atoms with Crippen molar-refractivity contribution in [2.75, 3.05) is 11.4 Å². The van der Waals surface area contributed by atoms with Gasteiger partial charge in [-0.25, -0.2) is 4.98 Å². The minimum atomic E-state index is 0.203. The highest BCUT2D eigenvalue weighted by Gasteiger charge is 2.15.